The first-order valence-electron chi connectivity index (χ1n) is 10.3. The van der Waals surface area contributed by atoms with Crippen molar-refractivity contribution in [3.8, 4) is 11.5 Å². The van der Waals surface area contributed by atoms with Crippen LogP contribution in [0.25, 0.3) is 5.76 Å². The molecule has 162 valence electrons. The van der Waals surface area contributed by atoms with Gasteiger partial charge in [0.25, 0.3) is 11.7 Å². The van der Waals surface area contributed by atoms with E-state index in [0.717, 1.165) is 11.3 Å². The molecule has 2 aliphatic heterocycles. The van der Waals surface area contributed by atoms with Gasteiger partial charge < -0.3 is 24.6 Å². The quantitative estimate of drug-likeness (QED) is 0.321. The van der Waals surface area contributed by atoms with E-state index >= 15 is 0 Å². The lowest BCUT2D eigenvalue weighted by molar-refractivity contribution is -0.140. The fourth-order valence-electron chi connectivity index (χ4n) is 4.26. The predicted molar refractivity (Wildman–Crippen MR) is 114 cm³/mol. The Hall–Kier alpha value is -3.32. The van der Waals surface area contributed by atoms with E-state index in [4.69, 9.17) is 9.47 Å². The molecule has 31 heavy (non-hydrogen) atoms. The van der Waals surface area contributed by atoms with Gasteiger partial charge in [-0.25, -0.2) is 0 Å². The van der Waals surface area contributed by atoms with Crippen molar-refractivity contribution in [2.75, 3.05) is 20.3 Å². The molecule has 0 aliphatic carbocycles. The van der Waals surface area contributed by atoms with Crippen molar-refractivity contribution in [2.24, 2.45) is 0 Å². The van der Waals surface area contributed by atoms with E-state index in [0.29, 0.717) is 30.6 Å². The Balaban J connectivity index is 1.80. The number of aliphatic hydroxyl groups excluding tert-OH is 1. The Labute approximate surface area is 180 Å². The lowest BCUT2D eigenvalue weighted by Crippen LogP contribution is -2.31. The van der Waals surface area contributed by atoms with Crippen LogP contribution in [-0.4, -0.2) is 53.2 Å². The summed E-state index contributed by atoms with van der Waals surface area (Å²) in [7, 11) is 1.57. The zero-order valence-corrected chi connectivity index (χ0v) is 17.5. The minimum atomic E-state index is -0.799. The number of amides is 1. The third-order valence-electron chi connectivity index (χ3n) is 5.64. The van der Waals surface area contributed by atoms with Gasteiger partial charge in [-0.1, -0.05) is 12.1 Å². The number of Topliss-reactive ketones (excluding diaryl/α,β-unsaturated/α-hetero) is 1. The number of aromatic hydroxyl groups is 1. The van der Waals surface area contributed by atoms with Crippen molar-refractivity contribution in [1.29, 1.82) is 0 Å². The first-order chi connectivity index (χ1) is 14.9. The number of carbonyl (C=O) groups is 2. The molecule has 1 amide bonds. The summed E-state index contributed by atoms with van der Waals surface area (Å²) >= 11 is 0. The van der Waals surface area contributed by atoms with Gasteiger partial charge in [0, 0.05) is 32.2 Å². The molecule has 1 saturated heterocycles. The molecule has 0 spiro atoms. The molecule has 2 aromatic rings. The number of ketones is 1. The SMILES string of the molecule is COCCCN1C(=O)C(=O)/C(=C(/O)c2ccc3c(c2)C[C@H](C)O3)[C@H]1c1cccc(O)c1. The summed E-state index contributed by atoms with van der Waals surface area (Å²) in [6.45, 7) is 2.68. The van der Waals surface area contributed by atoms with Gasteiger partial charge in [0.05, 0.1) is 11.6 Å². The summed E-state index contributed by atoms with van der Waals surface area (Å²) in [6.07, 6.45) is 1.29. The predicted octanol–water partition coefficient (Wildman–Crippen LogP) is 3.17. The summed E-state index contributed by atoms with van der Waals surface area (Å²) in [5, 5.41) is 21.1. The average Bonchev–Trinajstić information content (AvgIpc) is 3.24. The number of nitrogens with zero attached hydrogens (tertiary/aromatic N) is 1. The number of rotatable bonds is 6. The molecule has 2 aliphatic rings. The van der Waals surface area contributed by atoms with Crippen LogP contribution in [0.1, 0.15) is 36.1 Å². The highest BCUT2D eigenvalue weighted by Crippen LogP contribution is 2.41. The number of likely N-dealkylation sites (tertiary alicyclic amines) is 1. The minimum absolute atomic E-state index is 0.0138. The van der Waals surface area contributed by atoms with Crippen LogP contribution in [0.5, 0.6) is 11.5 Å². The van der Waals surface area contributed by atoms with Crippen molar-refractivity contribution in [2.45, 2.75) is 31.9 Å². The van der Waals surface area contributed by atoms with Crippen molar-refractivity contribution in [3.05, 3.63) is 64.7 Å². The highest BCUT2D eigenvalue weighted by atomic mass is 16.5. The van der Waals surface area contributed by atoms with Gasteiger partial charge in [-0.05, 0) is 54.8 Å². The maximum atomic E-state index is 13.0. The standard InChI is InChI=1S/C24H25NO6/c1-14-11-17-12-16(7-8-19(17)31-14)22(27)20-21(15-5-3-6-18(26)13-15)25(9-4-10-30-2)24(29)23(20)28/h3,5-8,12-14,21,26-27H,4,9-11H2,1-2H3/b22-20+/t14-,21+/m0/s1. The van der Waals surface area contributed by atoms with E-state index in [1.165, 1.54) is 17.0 Å². The lowest BCUT2D eigenvalue weighted by Gasteiger charge is -2.25. The van der Waals surface area contributed by atoms with E-state index < -0.39 is 17.7 Å². The largest absolute Gasteiger partial charge is 0.508 e. The number of benzene rings is 2. The number of ether oxygens (including phenoxy) is 2. The molecule has 0 radical (unpaired) electrons. The number of methoxy groups -OCH3 is 1. The van der Waals surface area contributed by atoms with E-state index in [-0.39, 0.29) is 29.7 Å². The Kier molecular flexibility index (Phi) is 5.69. The van der Waals surface area contributed by atoms with E-state index in [9.17, 15) is 19.8 Å². The maximum Gasteiger partial charge on any atom is 0.295 e. The molecule has 2 atom stereocenters. The third-order valence-corrected chi connectivity index (χ3v) is 5.64. The number of aliphatic hydroxyl groups is 1. The van der Waals surface area contributed by atoms with E-state index in [2.05, 4.69) is 0 Å². The molecule has 4 rings (SSSR count). The van der Waals surface area contributed by atoms with Crippen LogP contribution in [0.2, 0.25) is 0 Å². The molecular formula is C24H25NO6. The lowest BCUT2D eigenvalue weighted by atomic mass is 9.94. The highest BCUT2D eigenvalue weighted by Gasteiger charge is 2.46. The number of hydrogen-bond donors (Lipinski definition) is 2. The second-order valence-corrected chi connectivity index (χ2v) is 7.89. The van der Waals surface area contributed by atoms with Crippen LogP contribution in [0, 0.1) is 0 Å². The third kappa shape index (κ3) is 3.88. The number of phenolic OH excluding ortho intramolecular Hbond substituents is 1. The summed E-state index contributed by atoms with van der Waals surface area (Å²) in [4.78, 5) is 27.3. The van der Waals surface area contributed by atoms with Crippen molar-refractivity contribution in [1.82, 2.24) is 4.90 Å². The van der Waals surface area contributed by atoms with Crippen LogP contribution in [0.4, 0.5) is 0 Å². The molecule has 2 aromatic carbocycles. The van der Waals surface area contributed by atoms with Gasteiger partial charge in [-0.15, -0.1) is 0 Å². The fourth-order valence-corrected chi connectivity index (χ4v) is 4.26. The van der Waals surface area contributed by atoms with Crippen LogP contribution < -0.4 is 4.74 Å². The topological polar surface area (TPSA) is 96.3 Å². The van der Waals surface area contributed by atoms with Crippen LogP contribution >= 0.6 is 0 Å². The van der Waals surface area contributed by atoms with Gasteiger partial charge >= 0.3 is 0 Å². The molecule has 0 bridgehead atoms. The first kappa shape index (κ1) is 20.9. The summed E-state index contributed by atoms with van der Waals surface area (Å²) < 4.78 is 10.8. The molecule has 2 N–H and O–H groups in total. The number of fused-ring (bicyclic) bond motifs is 1. The molecule has 0 unspecified atom stereocenters. The maximum absolute atomic E-state index is 13.0. The fraction of sp³-hybridized carbons (Fsp3) is 0.333. The van der Waals surface area contributed by atoms with Crippen molar-refractivity contribution < 1.29 is 29.3 Å². The van der Waals surface area contributed by atoms with Gasteiger partial charge in [-0.2, -0.15) is 0 Å². The molecule has 0 saturated carbocycles. The summed E-state index contributed by atoms with van der Waals surface area (Å²) in [6, 6.07) is 10.8. The Morgan fingerprint density at radius 2 is 2.03 bits per heavy atom. The van der Waals surface area contributed by atoms with Gasteiger partial charge in [0.2, 0.25) is 0 Å². The molecule has 1 fully saturated rings. The Bertz CT molecular complexity index is 1060. The number of phenols is 1. The monoisotopic (exact) mass is 423 g/mol. The molecule has 2 heterocycles. The molecule has 7 heteroatoms. The molecule has 0 aromatic heterocycles. The normalized spacial score (nSPS) is 21.9. The van der Waals surface area contributed by atoms with Crippen LogP contribution in [0.15, 0.2) is 48.0 Å². The molecular weight excluding hydrogens is 398 g/mol. The Morgan fingerprint density at radius 3 is 2.77 bits per heavy atom. The van der Waals surface area contributed by atoms with Crippen LogP contribution in [-0.2, 0) is 20.7 Å². The van der Waals surface area contributed by atoms with Gasteiger partial charge in [-0.3, -0.25) is 9.59 Å². The second kappa shape index (κ2) is 8.43. The summed E-state index contributed by atoms with van der Waals surface area (Å²) in [5.74, 6) is -0.877. The number of carbonyl (C=O) groups excluding carboxylic acids is 2. The van der Waals surface area contributed by atoms with Crippen molar-refractivity contribution in [3.63, 3.8) is 0 Å². The number of hydrogen-bond acceptors (Lipinski definition) is 6. The van der Waals surface area contributed by atoms with E-state index in [1.807, 2.05) is 6.92 Å². The van der Waals surface area contributed by atoms with Gasteiger partial charge in [0.15, 0.2) is 0 Å². The summed E-state index contributed by atoms with van der Waals surface area (Å²) in [5.41, 5.74) is 1.97. The van der Waals surface area contributed by atoms with Crippen molar-refractivity contribution >= 4 is 17.4 Å². The van der Waals surface area contributed by atoms with E-state index in [1.54, 1.807) is 37.4 Å². The molecule has 7 nitrogen and oxygen atoms in total. The first-order valence-corrected chi connectivity index (χ1v) is 10.3. The van der Waals surface area contributed by atoms with Crippen LogP contribution in [0.3, 0.4) is 0 Å². The van der Waals surface area contributed by atoms with Gasteiger partial charge in [0.1, 0.15) is 23.4 Å². The zero-order valence-electron chi connectivity index (χ0n) is 17.5. The average molecular weight is 423 g/mol. The zero-order chi connectivity index (χ0) is 22.1. The smallest absolute Gasteiger partial charge is 0.295 e. The highest BCUT2D eigenvalue weighted by molar-refractivity contribution is 6.46. The minimum Gasteiger partial charge on any atom is -0.508 e. The second-order valence-electron chi connectivity index (χ2n) is 7.89. The Morgan fingerprint density at radius 1 is 1.23 bits per heavy atom.